The van der Waals surface area contributed by atoms with Crippen LogP contribution < -0.4 is 5.32 Å². The molecular formula is C35H46FN3O17. The van der Waals surface area contributed by atoms with Crippen LogP contribution in [0.2, 0.25) is 0 Å². The van der Waals surface area contributed by atoms with Crippen LogP contribution in [0.25, 0.3) is 0 Å². The van der Waals surface area contributed by atoms with E-state index in [0.29, 0.717) is 12.0 Å². The molecular weight excluding hydrogens is 753 g/mol. The minimum absolute atomic E-state index is 0.00365. The third-order valence-corrected chi connectivity index (χ3v) is 11.8. The van der Waals surface area contributed by atoms with Crippen molar-refractivity contribution in [2.45, 2.75) is 114 Å². The number of ketones is 2. The van der Waals surface area contributed by atoms with E-state index in [2.05, 4.69) is 15.0 Å². The Morgan fingerprint density at radius 2 is 1.62 bits per heavy atom. The lowest BCUT2D eigenvalue weighted by Crippen LogP contribution is -2.70. The van der Waals surface area contributed by atoms with E-state index in [1.807, 2.05) is 0 Å². The lowest BCUT2D eigenvalue weighted by molar-refractivity contribution is -0.757. The van der Waals surface area contributed by atoms with Crippen LogP contribution in [0.4, 0.5) is 4.39 Å². The molecule has 3 unspecified atom stereocenters. The summed E-state index contributed by atoms with van der Waals surface area (Å²) >= 11 is 0. The number of alkyl halides is 1. The number of amides is 1. The van der Waals surface area contributed by atoms with Gasteiger partial charge in [-0.15, -0.1) is 20.2 Å². The van der Waals surface area contributed by atoms with Crippen LogP contribution in [-0.2, 0) is 47.9 Å². The van der Waals surface area contributed by atoms with Gasteiger partial charge in [0.05, 0.1) is 25.7 Å². The summed E-state index contributed by atoms with van der Waals surface area (Å²) in [4.78, 5) is 106. The Kier molecular flexibility index (Phi) is 13.6. The van der Waals surface area contributed by atoms with Gasteiger partial charge >= 0.3 is 17.9 Å². The van der Waals surface area contributed by atoms with Gasteiger partial charge < -0.3 is 39.8 Å². The van der Waals surface area contributed by atoms with E-state index in [4.69, 9.17) is 9.47 Å². The van der Waals surface area contributed by atoms with E-state index < -0.39 is 124 Å². The summed E-state index contributed by atoms with van der Waals surface area (Å²) < 4.78 is 28.6. The molecule has 310 valence electrons. The molecule has 56 heavy (non-hydrogen) atoms. The molecule has 4 N–H and O–H groups in total. The number of hydrogen-bond acceptors (Lipinski definition) is 16. The molecule has 2 saturated carbocycles. The molecule has 4 aliphatic carbocycles. The second kappa shape index (κ2) is 17.4. The van der Waals surface area contributed by atoms with Crippen molar-refractivity contribution < 1.29 is 77.8 Å². The van der Waals surface area contributed by atoms with E-state index in [1.165, 1.54) is 19.1 Å². The third-order valence-electron chi connectivity index (χ3n) is 11.8. The molecule has 0 bridgehead atoms. The van der Waals surface area contributed by atoms with Gasteiger partial charge in [-0.2, -0.15) is 0 Å². The van der Waals surface area contributed by atoms with Gasteiger partial charge in [-0.3, -0.25) is 24.0 Å². The normalized spacial score (nSPS) is 32.0. The van der Waals surface area contributed by atoms with E-state index in [1.54, 1.807) is 13.0 Å². The number of unbranched alkanes of at least 4 members (excludes halogenated alkanes) is 2. The topological polar surface area (TPSA) is 298 Å². The first-order valence-corrected chi connectivity index (χ1v) is 18.2. The molecule has 4 rings (SSSR count). The van der Waals surface area contributed by atoms with Crippen molar-refractivity contribution >= 4 is 35.4 Å². The Morgan fingerprint density at radius 1 is 0.964 bits per heavy atom. The Morgan fingerprint density at radius 3 is 2.27 bits per heavy atom. The molecule has 9 atom stereocenters. The summed E-state index contributed by atoms with van der Waals surface area (Å²) in [7, 11) is 0. The van der Waals surface area contributed by atoms with Crippen molar-refractivity contribution in [2.75, 3.05) is 19.8 Å². The molecule has 0 saturated heterocycles. The number of ether oxygens (including phenoxy) is 2. The fourth-order valence-corrected chi connectivity index (χ4v) is 9.10. The summed E-state index contributed by atoms with van der Waals surface area (Å²) in [5, 5.41) is 54.0. The molecule has 0 aromatic heterocycles. The summed E-state index contributed by atoms with van der Waals surface area (Å²) in [6.07, 6.45) is -1.34. The molecule has 2 fully saturated rings. The zero-order chi connectivity index (χ0) is 41.6. The van der Waals surface area contributed by atoms with Crippen LogP contribution in [0.5, 0.6) is 0 Å². The summed E-state index contributed by atoms with van der Waals surface area (Å²) in [6, 6.07) is -1.80. The number of carbonyl (C=O) groups is 6. The number of aliphatic carboxylic acids is 1. The number of halogens is 1. The number of hydrogen-bond donors (Lipinski definition) is 4. The van der Waals surface area contributed by atoms with Crippen molar-refractivity contribution in [2.24, 2.45) is 22.7 Å². The molecule has 0 spiro atoms. The Labute approximate surface area is 318 Å². The van der Waals surface area contributed by atoms with Gasteiger partial charge in [-0.1, -0.05) is 31.1 Å². The van der Waals surface area contributed by atoms with Crippen molar-refractivity contribution in [3.63, 3.8) is 0 Å². The lowest BCUT2D eigenvalue weighted by atomic mass is 9.45. The van der Waals surface area contributed by atoms with Crippen LogP contribution in [0, 0.1) is 42.9 Å². The molecule has 20 nitrogen and oxygen atoms in total. The highest BCUT2D eigenvalue weighted by Crippen LogP contribution is 2.70. The van der Waals surface area contributed by atoms with E-state index in [9.17, 15) is 64.3 Å². The number of allylic oxidation sites excluding steroid dienone is 4. The maximum Gasteiger partial charge on any atom is 0.326 e. The number of esters is 2. The molecule has 1 amide bonds. The number of nitrogens with one attached hydrogen (secondary N) is 1. The number of rotatable bonds is 20. The molecule has 0 aromatic carbocycles. The van der Waals surface area contributed by atoms with Crippen LogP contribution in [0.1, 0.15) is 84.5 Å². The predicted molar refractivity (Wildman–Crippen MR) is 182 cm³/mol. The number of aliphatic hydroxyl groups excluding tert-OH is 2. The monoisotopic (exact) mass is 799 g/mol. The second-order valence-electron chi connectivity index (χ2n) is 15.0. The Hall–Kier alpha value is -5.05. The maximum absolute atomic E-state index is 17.7. The number of aliphatic hydroxyl groups is 2. The number of Topliss-reactive ketones (excluding diaryl/α,β-unsaturated/α-hetero) is 1. The average Bonchev–Trinajstić information content (AvgIpc) is 3.33. The summed E-state index contributed by atoms with van der Waals surface area (Å²) in [6.45, 7) is 1.10. The minimum Gasteiger partial charge on any atom is -0.480 e. The minimum atomic E-state index is -2.56. The molecule has 0 heterocycles. The SMILES string of the molecule is C[C@]12C=CC(=O)CC1=CCC1C3C[C@@H](O)[C@](OC(=O)CCCO[N+](=O)[O-])(C(=O)COC(=O)CC(NC(=O)CCCCCO[N+](=O)[O-])C(=O)O)[C@@]3(C)C[C@H](O)[C@@]12F. The molecule has 0 aromatic rings. The average molecular weight is 800 g/mol. The van der Waals surface area contributed by atoms with E-state index >= 15 is 4.39 Å². The zero-order valence-corrected chi connectivity index (χ0v) is 30.8. The van der Waals surface area contributed by atoms with Crippen molar-refractivity contribution in [3.05, 3.63) is 44.0 Å². The summed E-state index contributed by atoms with van der Waals surface area (Å²) in [5.41, 5.74) is -7.62. The maximum atomic E-state index is 17.7. The molecule has 4 aliphatic rings. The zero-order valence-electron chi connectivity index (χ0n) is 30.8. The van der Waals surface area contributed by atoms with Gasteiger partial charge in [-0.25, -0.2) is 9.18 Å². The van der Waals surface area contributed by atoms with Crippen LogP contribution in [0.3, 0.4) is 0 Å². The Balaban J connectivity index is 1.54. The highest BCUT2D eigenvalue weighted by Gasteiger charge is 2.78. The number of carboxylic acid groups (broad SMARTS) is 1. The third kappa shape index (κ3) is 8.52. The first-order chi connectivity index (χ1) is 26.2. The first-order valence-electron chi connectivity index (χ1n) is 18.2. The van der Waals surface area contributed by atoms with Crippen molar-refractivity contribution in [1.29, 1.82) is 0 Å². The van der Waals surface area contributed by atoms with Gasteiger partial charge in [-0.05, 0) is 57.4 Å². The summed E-state index contributed by atoms with van der Waals surface area (Å²) in [5.74, 6) is -8.20. The Bertz CT molecular complexity index is 1670. The molecule has 21 heteroatoms. The fraction of sp³-hybridized carbons (Fsp3) is 0.714. The highest BCUT2D eigenvalue weighted by atomic mass is 19.1. The number of carbonyl (C=O) groups excluding carboxylic acids is 5. The molecule has 0 aliphatic heterocycles. The number of nitrogens with zero attached hydrogens (tertiary/aromatic N) is 2. The van der Waals surface area contributed by atoms with Crippen LogP contribution in [0.15, 0.2) is 23.8 Å². The number of carboxylic acids is 1. The first kappa shape index (κ1) is 43.7. The quantitative estimate of drug-likeness (QED) is 0.0445. The standard InChI is InChI=1S/C35H46FN3O17/c1-32-12-11-21(40)15-20(32)9-10-22-23-16-25(41)35(33(23,2)18-26(42)34(22,32)36,56-29(45)8-6-14-55-39(51)52)27(43)19-53-30(46)17-24(31(47)48)37-28(44)7-4-3-5-13-54-38(49)50/h9,11-12,22-26,41-42H,3-8,10,13-19H2,1-2H3,(H,37,44)(H,47,48)/t22?,23?,24?,25-,26+,32+,33+,34+,35+/m1/s1. The van der Waals surface area contributed by atoms with Crippen molar-refractivity contribution in [1.82, 2.24) is 5.32 Å². The van der Waals surface area contributed by atoms with Gasteiger partial charge in [0.15, 0.2) is 18.1 Å². The smallest absolute Gasteiger partial charge is 0.326 e. The van der Waals surface area contributed by atoms with E-state index in [0.717, 1.165) is 0 Å². The fourth-order valence-electron chi connectivity index (χ4n) is 9.10. The van der Waals surface area contributed by atoms with Gasteiger partial charge in [0.1, 0.15) is 12.1 Å². The molecule has 0 radical (unpaired) electrons. The van der Waals surface area contributed by atoms with Crippen LogP contribution in [-0.4, -0.2) is 110 Å². The highest BCUT2D eigenvalue weighted by molar-refractivity contribution is 5.95. The number of fused-ring (bicyclic) bond motifs is 5. The second-order valence-corrected chi connectivity index (χ2v) is 15.0. The van der Waals surface area contributed by atoms with Gasteiger partial charge in [0, 0.05) is 36.0 Å². The van der Waals surface area contributed by atoms with Gasteiger partial charge in [0.2, 0.25) is 17.3 Å². The van der Waals surface area contributed by atoms with Crippen LogP contribution >= 0.6 is 0 Å². The van der Waals surface area contributed by atoms with Crippen molar-refractivity contribution in [3.8, 4) is 0 Å². The predicted octanol–water partition coefficient (Wildman–Crippen LogP) is 1.44. The largest absolute Gasteiger partial charge is 0.480 e. The van der Waals surface area contributed by atoms with E-state index in [-0.39, 0.29) is 57.3 Å². The van der Waals surface area contributed by atoms with Gasteiger partial charge in [0.25, 0.3) is 10.2 Å². The lowest BCUT2D eigenvalue weighted by Gasteiger charge is -2.62.